The highest BCUT2D eigenvalue weighted by Crippen LogP contribution is 2.23. The molecule has 7 heteroatoms. The number of H-pyrrole nitrogens is 1. The lowest BCUT2D eigenvalue weighted by molar-refractivity contribution is -0.0656. The first-order chi connectivity index (χ1) is 13.5. The third kappa shape index (κ3) is 3.48. The number of carbonyl (C=O) groups excluding carboxylic acids is 2. The van der Waals surface area contributed by atoms with E-state index in [9.17, 15) is 14.8 Å². The molecule has 0 saturated heterocycles. The molecule has 1 aliphatic carbocycles. The third-order valence-corrected chi connectivity index (χ3v) is 5.30. The molecule has 0 radical (unpaired) electrons. The van der Waals surface area contributed by atoms with Crippen molar-refractivity contribution >= 4 is 22.6 Å². The minimum Gasteiger partial charge on any atom is -0.366 e. The highest BCUT2D eigenvalue weighted by Gasteiger charge is 2.21. The van der Waals surface area contributed by atoms with Crippen molar-refractivity contribution in [2.75, 3.05) is 0 Å². The van der Waals surface area contributed by atoms with E-state index in [0.29, 0.717) is 16.2 Å². The summed E-state index contributed by atoms with van der Waals surface area (Å²) in [5.41, 5.74) is 9.04. The summed E-state index contributed by atoms with van der Waals surface area (Å²) in [6.45, 7) is 0.0450. The van der Waals surface area contributed by atoms with Crippen LogP contribution in [0.5, 0.6) is 0 Å². The number of hydrogen-bond donors (Lipinski definition) is 3. The van der Waals surface area contributed by atoms with Gasteiger partial charge in [0.1, 0.15) is 0 Å². The maximum Gasteiger partial charge on any atom is 0.277 e. The zero-order valence-corrected chi connectivity index (χ0v) is 15.4. The van der Waals surface area contributed by atoms with Gasteiger partial charge in [0.2, 0.25) is 5.91 Å². The van der Waals surface area contributed by atoms with Gasteiger partial charge in [0.15, 0.2) is 0 Å². The first-order valence-electron chi connectivity index (χ1n) is 9.42. The van der Waals surface area contributed by atoms with Crippen molar-refractivity contribution in [1.82, 2.24) is 15.3 Å². The van der Waals surface area contributed by atoms with E-state index in [1.165, 1.54) is 6.42 Å². The van der Waals surface area contributed by atoms with E-state index in [1.54, 1.807) is 36.4 Å². The van der Waals surface area contributed by atoms with Crippen LogP contribution in [0, 0.1) is 0 Å². The Morgan fingerprint density at radius 1 is 1.04 bits per heavy atom. The van der Waals surface area contributed by atoms with Gasteiger partial charge in [-0.05, 0) is 66.3 Å². The Labute approximate surface area is 162 Å². The van der Waals surface area contributed by atoms with E-state index >= 15 is 0 Å². The number of amides is 2. The Morgan fingerprint density at radius 2 is 1.71 bits per heavy atom. The van der Waals surface area contributed by atoms with Gasteiger partial charge in [0, 0.05) is 16.8 Å². The van der Waals surface area contributed by atoms with Crippen LogP contribution in [0.3, 0.4) is 0 Å². The molecule has 144 valence electrons. The average molecular weight is 378 g/mol. The summed E-state index contributed by atoms with van der Waals surface area (Å²) in [6, 6.07) is 10.1. The van der Waals surface area contributed by atoms with Crippen LogP contribution in [0.25, 0.3) is 10.8 Å². The van der Waals surface area contributed by atoms with Crippen LogP contribution in [0.1, 0.15) is 56.9 Å². The van der Waals surface area contributed by atoms with Crippen LogP contribution in [0.2, 0.25) is 0 Å². The number of aryl methyl sites for hydroxylation is 1. The van der Waals surface area contributed by atoms with Crippen LogP contribution in [0.15, 0.2) is 36.4 Å². The average Bonchev–Trinajstić information content (AvgIpc) is 2.92. The number of rotatable bonds is 4. The number of aromatic nitrogens is 2. The molecule has 1 aromatic heterocycles. The zero-order valence-electron chi connectivity index (χ0n) is 15.4. The van der Waals surface area contributed by atoms with E-state index in [4.69, 9.17) is 5.73 Å². The van der Waals surface area contributed by atoms with Gasteiger partial charge in [-0.25, -0.2) is 5.06 Å². The fourth-order valence-corrected chi connectivity index (χ4v) is 3.75. The maximum absolute atomic E-state index is 12.7. The molecule has 4 N–H and O–H groups in total. The minimum absolute atomic E-state index is 0.0450. The van der Waals surface area contributed by atoms with E-state index in [2.05, 4.69) is 10.2 Å². The molecule has 28 heavy (non-hydrogen) atoms. The summed E-state index contributed by atoms with van der Waals surface area (Å²) >= 11 is 0. The molecule has 2 aromatic carbocycles. The van der Waals surface area contributed by atoms with Crippen LogP contribution < -0.4 is 5.73 Å². The van der Waals surface area contributed by atoms with Crippen molar-refractivity contribution in [3.63, 3.8) is 0 Å². The summed E-state index contributed by atoms with van der Waals surface area (Å²) in [5, 5.41) is 20.0. The number of primary amides is 1. The minimum atomic E-state index is -0.498. The lowest BCUT2D eigenvalue weighted by Gasteiger charge is -2.15. The maximum atomic E-state index is 12.7. The highest BCUT2D eigenvalue weighted by molar-refractivity contribution is 6.01. The number of fused-ring (bicyclic) bond motifs is 2. The fourth-order valence-electron chi connectivity index (χ4n) is 3.75. The number of nitrogens with one attached hydrogen (secondary N) is 1. The standard InChI is InChI=1S/C21H22N4O3/c22-20(26)15-8-6-14-11-16(9-7-13(14)10-15)21(27)25(28)12-19-17-4-2-1-3-5-18(17)23-24-19/h6-11,28H,1-5,12H2,(H2,22,26)(H,23,24). The van der Waals surface area contributed by atoms with Crippen molar-refractivity contribution in [2.45, 2.75) is 38.6 Å². The van der Waals surface area contributed by atoms with Crippen molar-refractivity contribution in [3.8, 4) is 0 Å². The van der Waals surface area contributed by atoms with Crippen LogP contribution >= 0.6 is 0 Å². The Balaban J connectivity index is 1.54. The second-order valence-corrected chi connectivity index (χ2v) is 7.19. The molecular formula is C21H22N4O3. The summed E-state index contributed by atoms with van der Waals surface area (Å²) < 4.78 is 0. The molecule has 3 aromatic rings. The molecule has 0 saturated carbocycles. The second kappa shape index (κ2) is 7.44. The summed E-state index contributed by atoms with van der Waals surface area (Å²) in [5.74, 6) is -0.993. The molecule has 0 spiro atoms. The second-order valence-electron chi connectivity index (χ2n) is 7.19. The highest BCUT2D eigenvalue weighted by atomic mass is 16.5. The van der Waals surface area contributed by atoms with E-state index < -0.39 is 11.8 Å². The van der Waals surface area contributed by atoms with Gasteiger partial charge >= 0.3 is 0 Å². The number of hydrogen-bond acceptors (Lipinski definition) is 4. The monoisotopic (exact) mass is 378 g/mol. The number of benzene rings is 2. The molecule has 0 bridgehead atoms. The normalized spacial score (nSPS) is 13.8. The van der Waals surface area contributed by atoms with Crippen molar-refractivity contribution in [1.29, 1.82) is 0 Å². The first-order valence-corrected chi connectivity index (χ1v) is 9.42. The topological polar surface area (TPSA) is 112 Å². The van der Waals surface area contributed by atoms with Gasteiger partial charge in [-0.2, -0.15) is 5.10 Å². The summed E-state index contributed by atoms with van der Waals surface area (Å²) in [6.07, 6.45) is 5.28. The number of aromatic amines is 1. The lowest BCUT2D eigenvalue weighted by atomic mass is 10.0. The summed E-state index contributed by atoms with van der Waals surface area (Å²) in [4.78, 5) is 24.0. The van der Waals surface area contributed by atoms with E-state index in [0.717, 1.165) is 53.4 Å². The molecule has 1 heterocycles. The quantitative estimate of drug-likeness (QED) is 0.368. The molecular weight excluding hydrogens is 356 g/mol. The molecule has 0 unspecified atom stereocenters. The first kappa shape index (κ1) is 18.2. The molecule has 7 nitrogen and oxygen atoms in total. The predicted octanol–water partition coefficient (Wildman–Crippen LogP) is 2.96. The number of carbonyl (C=O) groups is 2. The number of nitrogens with two attached hydrogens (primary N) is 1. The molecule has 0 aliphatic heterocycles. The van der Waals surface area contributed by atoms with Crippen LogP contribution in [-0.2, 0) is 19.4 Å². The van der Waals surface area contributed by atoms with Crippen molar-refractivity contribution < 1.29 is 14.8 Å². The zero-order chi connectivity index (χ0) is 19.7. The number of nitrogens with zero attached hydrogens (tertiary/aromatic N) is 2. The largest absolute Gasteiger partial charge is 0.366 e. The smallest absolute Gasteiger partial charge is 0.277 e. The molecule has 1 aliphatic rings. The molecule has 4 rings (SSSR count). The molecule has 0 atom stereocenters. The predicted molar refractivity (Wildman–Crippen MR) is 104 cm³/mol. The van der Waals surface area contributed by atoms with Gasteiger partial charge in [0.25, 0.3) is 5.91 Å². The van der Waals surface area contributed by atoms with Gasteiger partial charge in [0.05, 0.1) is 12.2 Å². The Kier molecular flexibility index (Phi) is 4.83. The van der Waals surface area contributed by atoms with Gasteiger partial charge in [-0.3, -0.25) is 19.9 Å². The van der Waals surface area contributed by atoms with E-state index in [-0.39, 0.29) is 6.54 Å². The Bertz CT molecular complexity index is 1060. The van der Waals surface area contributed by atoms with Crippen LogP contribution in [-0.4, -0.2) is 32.3 Å². The van der Waals surface area contributed by atoms with E-state index in [1.807, 2.05) is 0 Å². The van der Waals surface area contributed by atoms with Gasteiger partial charge in [-0.15, -0.1) is 0 Å². The summed E-state index contributed by atoms with van der Waals surface area (Å²) in [7, 11) is 0. The number of hydroxylamine groups is 2. The Hall–Kier alpha value is -3.19. The van der Waals surface area contributed by atoms with Crippen molar-refractivity contribution in [3.05, 3.63) is 64.5 Å². The third-order valence-electron chi connectivity index (χ3n) is 5.30. The fraction of sp³-hybridized carbons (Fsp3) is 0.286. The Morgan fingerprint density at radius 3 is 2.46 bits per heavy atom. The van der Waals surface area contributed by atoms with Crippen LogP contribution in [0.4, 0.5) is 0 Å². The lowest BCUT2D eigenvalue weighted by Crippen LogP contribution is -2.27. The van der Waals surface area contributed by atoms with Gasteiger partial charge in [-0.1, -0.05) is 18.6 Å². The van der Waals surface area contributed by atoms with Crippen molar-refractivity contribution in [2.24, 2.45) is 5.73 Å². The van der Waals surface area contributed by atoms with Gasteiger partial charge < -0.3 is 5.73 Å². The molecule has 2 amide bonds. The SMILES string of the molecule is NC(=O)c1ccc2cc(C(=O)N(O)Cc3n[nH]c4c3CCCCC4)ccc2c1. The molecule has 0 fully saturated rings.